The van der Waals surface area contributed by atoms with Crippen molar-refractivity contribution < 1.29 is 18.3 Å². The molecule has 186 valence electrons. The molecule has 3 aromatic rings. The number of benzene rings is 3. The molecule has 7 heteroatoms. The molecule has 0 bridgehead atoms. The molecular formula is C28H34N2O4S. The normalized spacial score (nSPS) is 13.5. The Labute approximate surface area is 208 Å². The Morgan fingerprint density at radius 1 is 0.886 bits per heavy atom. The molecule has 2 unspecified atom stereocenters. The summed E-state index contributed by atoms with van der Waals surface area (Å²) in [5.74, 6) is -0.0243. The Bertz CT molecular complexity index is 1150. The predicted octanol–water partition coefficient (Wildman–Crippen LogP) is 4.13. The molecule has 1 amide bonds. The van der Waals surface area contributed by atoms with E-state index in [0.29, 0.717) is 24.3 Å². The van der Waals surface area contributed by atoms with Crippen LogP contribution in [0.3, 0.4) is 0 Å². The first-order chi connectivity index (χ1) is 16.8. The van der Waals surface area contributed by atoms with Crippen LogP contribution in [0.25, 0.3) is 0 Å². The third-order valence-electron chi connectivity index (χ3n) is 5.84. The highest BCUT2D eigenvalue weighted by atomic mass is 32.2. The zero-order valence-corrected chi connectivity index (χ0v) is 21.1. The summed E-state index contributed by atoms with van der Waals surface area (Å²) in [6.07, 6.45) is -0.101. The van der Waals surface area contributed by atoms with E-state index in [1.54, 1.807) is 54.6 Å². The number of hydrogen-bond acceptors (Lipinski definition) is 4. The highest BCUT2D eigenvalue weighted by molar-refractivity contribution is 7.89. The summed E-state index contributed by atoms with van der Waals surface area (Å²) in [6, 6.07) is 25.9. The topological polar surface area (TPSA) is 86.7 Å². The molecular weight excluding hydrogens is 460 g/mol. The van der Waals surface area contributed by atoms with Crippen LogP contribution in [-0.4, -0.2) is 49.0 Å². The van der Waals surface area contributed by atoms with E-state index in [0.717, 1.165) is 5.56 Å². The fourth-order valence-electron chi connectivity index (χ4n) is 3.78. The molecule has 35 heavy (non-hydrogen) atoms. The third kappa shape index (κ3) is 7.75. The highest BCUT2D eigenvalue weighted by Gasteiger charge is 2.31. The molecule has 0 saturated heterocycles. The van der Waals surface area contributed by atoms with E-state index in [2.05, 4.69) is 5.32 Å². The van der Waals surface area contributed by atoms with E-state index in [1.165, 1.54) is 4.31 Å². The number of aliphatic hydroxyl groups excluding tert-OH is 1. The molecule has 0 aliphatic rings. The highest BCUT2D eigenvalue weighted by Crippen LogP contribution is 2.19. The molecule has 0 heterocycles. The Hall–Kier alpha value is -3.00. The van der Waals surface area contributed by atoms with Crippen molar-refractivity contribution in [2.45, 2.75) is 43.7 Å². The van der Waals surface area contributed by atoms with Gasteiger partial charge in [-0.2, -0.15) is 4.31 Å². The van der Waals surface area contributed by atoms with Gasteiger partial charge in [-0.3, -0.25) is 4.79 Å². The van der Waals surface area contributed by atoms with Crippen molar-refractivity contribution in [1.29, 1.82) is 0 Å². The number of aliphatic hydroxyl groups is 1. The van der Waals surface area contributed by atoms with E-state index < -0.39 is 22.2 Å². The lowest BCUT2D eigenvalue weighted by Gasteiger charge is -2.30. The second-order valence-corrected chi connectivity index (χ2v) is 11.0. The lowest BCUT2D eigenvalue weighted by atomic mass is 10.00. The Kier molecular flexibility index (Phi) is 9.60. The van der Waals surface area contributed by atoms with Crippen LogP contribution >= 0.6 is 0 Å². The lowest BCUT2D eigenvalue weighted by Crippen LogP contribution is -2.50. The van der Waals surface area contributed by atoms with Crippen molar-refractivity contribution in [2.75, 3.05) is 13.1 Å². The van der Waals surface area contributed by atoms with Gasteiger partial charge in [0.1, 0.15) is 0 Å². The molecule has 0 aliphatic heterocycles. The molecule has 3 aromatic carbocycles. The van der Waals surface area contributed by atoms with Gasteiger partial charge in [-0.05, 0) is 48.6 Å². The van der Waals surface area contributed by atoms with Crippen LogP contribution in [0, 0.1) is 5.92 Å². The van der Waals surface area contributed by atoms with E-state index >= 15 is 0 Å². The van der Waals surface area contributed by atoms with Gasteiger partial charge in [0.05, 0.1) is 17.0 Å². The number of carbonyl (C=O) groups excluding carboxylic acids is 1. The molecule has 3 rings (SSSR count). The van der Waals surface area contributed by atoms with Crippen LogP contribution < -0.4 is 5.32 Å². The molecule has 0 saturated carbocycles. The van der Waals surface area contributed by atoms with Gasteiger partial charge in [-0.1, -0.05) is 80.6 Å². The Morgan fingerprint density at radius 2 is 1.43 bits per heavy atom. The zero-order chi connectivity index (χ0) is 25.3. The average Bonchev–Trinajstić information content (AvgIpc) is 2.87. The number of nitrogens with zero attached hydrogens (tertiary/aromatic N) is 1. The number of amides is 1. The minimum absolute atomic E-state index is 0.128. The van der Waals surface area contributed by atoms with Gasteiger partial charge >= 0.3 is 0 Å². The summed E-state index contributed by atoms with van der Waals surface area (Å²) in [5, 5.41) is 14.2. The monoisotopic (exact) mass is 494 g/mol. The maximum atomic E-state index is 13.4. The van der Waals surface area contributed by atoms with Crippen molar-refractivity contribution in [3.63, 3.8) is 0 Å². The summed E-state index contributed by atoms with van der Waals surface area (Å²) in [7, 11) is -3.82. The second kappa shape index (κ2) is 12.6. The van der Waals surface area contributed by atoms with Crippen molar-refractivity contribution >= 4 is 15.9 Å². The smallest absolute Gasteiger partial charge is 0.251 e. The van der Waals surface area contributed by atoms with Crippen LogP contribution in [0.1, 0.15) is 36.2 Å². The van der Waals surface area contributed by atoms with E-state index in [9.17, 15) is 18.3 Å². The summed E-state index contributed by atoms with van der Waals surface area (Å²) >= 11 is 0. The van der Waals surface area contributed by atoms with Crippen molar-refractivity contribution in [3.8, 4) is 0 Å². The maximum absolute atomic E-state index is 13.4. The van der Waals surface area contributed by atoms with Crippen LogP contribution in [0.15, 0.2) is 95.9 Å². The first-order valence-corrected chi connectivity index (χ1v) is 13.3. The molecule has 0 aromatic heterocycles. The summed E-state index contributed by atoms with van der Waals surface area (Å²) in [6.45, 7) is 4.21. The van der Waals surface area contributed by atoms with Gasteiger partial charge < -0.3 is 10.4 Å². The first kappa shape index (κ1) is 26.6. The van der Waals surface area contributed by atoms with Crippen LogP contribution in [0.4, 0.5) is 0 Å². The molecule has 2 N–H and O–H groups in total. The number of hydrogen-bond donors (Lipinski definition) is 2. The van der Waals surface area contributed by atoms with Crippen molar-refractivity contribution in [3.05, 3.63) is 102 Å². The molecule has 0 aliphatic carbocycles. The number of carbonyl (C=O) groups is 1. The summed E-state index contributed by atoms with van der Waals surface area (Å²) in [5.41, 5.74) is 1.41. The van der Waals surface area contributed by atoms with Crippen LogP contribution in [0.2, 0.25) is 0 Å². The standard InChI is InChI=1S/C28H34N2O4S/c1-22(2)18-19-30(35(33,34)25-16-10-5-11-17-25)21-27(31)26(20-23-12-6-3-7-13-23)29-28(32)24-14-8-4-9-15-24/h3-17,22,26-27,31H,18-21H2,1-2H3,(H,29,32). The van der Waals surface area contributed by atoms with Gasteiger partial charge in [0, 0.05) is 18.7 Å². The SMILES string of the molecule is CC(C)CCN(CC(O)C(Cc1ccccc1)NC(=O)c1ccccc1)S(=O)(=O)c1ccccc1. The number of nitrogens with one attached hydrogen (secondary N) is 1. The fraction of sp³-hybridized carbons (Fsp3) is 0.321. The van der Waals surface area contributed by atoms with E-state index in [4.69, 9.17) is 0 Å². The Morgan fingerprint density at radius 3 is 2.00 bits per heavy atom. The quantitative estimate of drug-likeness (QED) is 0.396. The molecule has 0 spiro atoms. The summed E-state index contributed by atoms with van der Waals surface area (Å²) < 4.78 is 28.2. The van der Waals surface area contributed by atoms with E-state index in [-0.39, 0.29) is 23.9 Å². The lowest BCUT2D eigenvalue weighted by molar-refractivity contribution is 0.0780. The molecule has 6 nitrogen and oxygen atoms in total. The molecule has 0 radical (unpaired) electrons. The van der Waals surface area contributed by atoms with Gasteiger partial charge in [-0.15, -0.1) is 0 Å². The molecule has 2 atom stereocenters. The average molecular weight is 495 g/mol. The maximum Gasteiger partial charge on any atom is 0.251 e. The van der Waals surface area contributed by atoms with Crippen LogP contribution in [-0.2, 0) is 16.4 Å². The Balaban J connectivity index is 1.86. The van der Waals surface area contributed by atoms with Crippen LogP contribution in [0.5, 0.6) is 0 Å². The van der Waals surface area contributed by atoms with E-state index in [1.807, 2.05) is 50.2 Å². The fourth-order valence-corrected chi connectivity index (χ4v) is 5.28. The zero-order valence-electron chi connectivity index (χ0n) is 20.2. The van der Waals surface area contributed by atoms with Gasteiger partial charge in [0.2, 0.25) is 10.0 Å². The largest absolute Gasteiger partial charge is 0.390 e. The van der Waals surface area contributed by atoms with Crippen molar-refractivity contribution in [2.24, 2.45) is 5.92 Å². The minimum Gasteiger partial charge on any atom is -0.390 e. The number of rotatable bonds is 12. The number of sulfonamides is 1. The molecule has 0 fully saturated rings. The van der Waals surface area contributed by atoms with Crippen molar-refractivity contribution in [1.82, 2.24) is 9.62 Å². The van der Waals surface area contributed by atoms with Gasteiger partial charge in [0.25, 0.3) is 5.91 Å². The summed E-state index contributed by atoms with van der Waals surface area (Å²) in [4.78, 5) is 13.1. The van der Waals surface area contributed by atoms with Gasteiger partial charge in [0.15, 0.2) is 0 Å². The first-order valence-electron chi connectivity index (χ1n) is 11.9. The van der Waals surface area contributed by atoms with Gasteiger partial charge in [-0.25, -0.2) is 8.42 Å². The second-order valence-electron chi connectivity index (χ2n) is 9.06. The third-order valence-corrected chi connectivity index (χ3v) is 7.72. The minimum atomic E-state index is -3.82. The predicted molar refractivity (Wildman–Crippen MR) is 139 cm³/mol.